The van der Waals surface area contributed by atoms with E-state index in [1.807, 2.05) is 78.9 Å². The van der Waals surface area contributed by atoms with Gasteiger partial charge in [0, 0.05) is 33.6 Å². The van der Waals surface area contributed by atoms with Crippen LogP contribution >= 0.6 is 176 Å². The first-order chi connectivity index (χ1) is 38.7. The minimum Gasteiger partial charge on any atom is -0.478 e. The van der Waals surface area contributed by atoms with E-state index in [1.165, 1.54) is 24.3 Å². The molecule has 9 nitrogen and oxygen atoms in total. The molecule has 6 heterocycles. The number of nitrogen functional groups attached to an aromatic ring is 1. The summed E-state index contributed by atoms with van der Waals surface area (Å²) in [5, 5.41) is 13.2. The maximum absolute atomic E-state index is 13.2. The number of rotatable bonds is 11. The Hall–Kier alpha value is 1.94. The van der Waals surface area contributed by atoms with Gasteiger partial charge in [-0.2, -0.15) is 36.1 Å². The molecule has 0 spiro atoms. The average Bonchev–Trinajstić information content (AvgIpc) is 2.85. The van der Waals surface area contributed by atoms with Crippen LogP contribution in [0.15, 0.2) is 145 Å². The zero-order valence-corrected chi connectivity index (χ0v) is 65.7. The van der Waals surface area contributed by atoms with Gasteiger partial charge in [0.15, 0.2) is 0 Å². The summed E-state index contributed by atoms with van der Waals surface area (Å²) in [4.78, 5) is 31.8. The molecule has 4 N–H and O–H groups in total. The zero-order valence-electron chi connectivity index (χ0n) is 42.5. The molecule has 438 valence electrons. The number of aliphatic carboxylic acids is 1. The van der Waals surface area contributed by atoms with E-state index in [9.17, 15) is 41.0 Å². The van der Waals surface area contributed by atoms with Crippen molar-refractivity contribution in [3.63, 3.8) is 0 Å². The molecule has 0 aliphatic carbocycles. The standard InChI is InChI=1S/C25H18ClF3N2O2.C13H10F3NO3.C12H10ClN.CH4.I11.H3P/c26-17-13-15(9-10-16(17)14-5-2-1-3-6-14)30-24(32)23-20-12-11-19(33-20)22(23)18-7-4-8-21(31-18)25(27,28)29;14-13(15,16)9-3-1-2-6(17-9)10-7-4-5-8(20-7)11(10)12(18)19;13-12-8-10(14)6-7-11(12)9-4-2-1-3-5-9;;1-7-9(4)11(6)10(5)8(2)3;/h1-10,13,19-20H,11-12H2,(H,30,32);1-3,7-8H,4-5H2,(H,18,19);1-8H,14H2;1H4;;1H3/q;;;;-1;/i;;;;;1T3. The van der Waals surface area contributed by atoms with Gasteiger partial charge in [0.1, 0.15) is 11.4 Å². The average molecular weight is 2410 g/mol. The zero-order chi connectivity index (χ0) is 60.2. The molecule has 0 radical (unpaired) electrons. The first-order valence-electron chi connectivity index (χ1n) is 23.6. The Balaban J connectivity index is 0.000000215. The molecule has 2 fully saturated rings. The van der Waals surface area contributed by atoms with Crippen molar-refractivity contribution in [3.05, 3.63) is 177 Å². The van der Waals surface area contributed by atoms with Gasteiger partial charge in [-0.25, -0.2) is 14.8 Å². The number of fused-ring (bicyclic) bond motifs is 4. The number of carbonyl (C=O) groups is 2. The van der Waals surface area contributed by atoms with Crippen molar-refractivity contribution >= 4 is 211 Å². The Kier molecular flexibility index (Phi) is 28.6. The molecule has 0 saturated carbocycles. The molecule has 4 unspecified atom stereocenters. The summed E-state index contributed by atoms with van der Waals surface area (Å²) in [6, 6.07) is 37.5. The fourth-order valence-corrected chi connectivity index (χ4v) is 1060. The van der Waals surface area contributed by atoms with E-state index in [4.69, 9.17) is 42.2 Å². The number of nitrogens with two attached hydrogens (primary N) is 1. The molecule has 1 amide bonds. The molecule has 4 aliphatic heterocycles. The van der Waals surface area contributed by atoms with Crippen molar-refractivity contribution in [1.82, 2.24) is 9.97 Å². The van der Waals surface area contributed by atoms with E-state index in [2.05, 4.69) is 127 Å². The molecule has 6 aromatic rings. The monoisotopic (exact) mass is 2410 g/mol. The van der Waals surface area contributed by atoms with Crippen LogP contribution in [-0.2, 0) is 31.4 Å². The van der Waals surface area contributed by atoms with Crippen LogP contribution in [-0.4, -0.2) is 55.2 Å². The number of anilines is 2. The Labute approximate surface area is 558 Å². The SMILES string of the molecule is C.I[I-]I(I)I(I)I(I)I(I)I.Nc1ccc(-c2ccccc2)c(Cl)c1.O=C(Nc1ccc(-c2ccccc2)c(Cl)c1)C1=C(c2cccc(C(F)(F)F)n2)C2CCC1O2.O=C(O)C1=C(c2cccc(C(F)(F)F)n2)C2CCC1O2.[3H]P([3H])[3H]. The first-order valence-corrected chi connectivity index (χ1v) is 85.9. The second-order valence-electron chi connectivity index (χ2n) is 16.5. The van der Waals surface area contributed by atoms with Gasteiger partial charge in [0.05, 0.1) is 60.8 Å². The van der Waals surface area contributed by atoms with E-state index in [-0.39, 0.29) is 61.5 Å². The van der Waals surface area contributed by atoms with Gasteiger partial charge >= 0.3 is 175 Å². The molecule has 4 aromatic carbocycles. The van der Waals surface area contributed by atoms with E-state index in [1.54, 1.807) is 18.2 Å². The number of halogens is 19. The normalized spacial score (nSPS) is 19.0. The van der Waals surface area contributed by atoms with Crippen LogP contribution in [0.3, 0.4) is 0 Å². The minimum atomic E-state index is -4.57. The Bertz CT molecular complexity index is 3250. The predicted molar refractivity (Wildman–Crippen MR) is 401 cm³/mol. The summed E-state index contributed by atoms with van der Waals surface area (Å²) in [6.45, 7) is 0. The third kappa shape index (κ3) is 19.5. The smallest absolute Gasteiger partial charge is 0.433 e. The topological polar surface area (TPSA) is 137 Å². The number of nitrogens with zero attached hydrogens (tertiary/aromatic N) is 2. The van der Waals surface area contributed by atoms with Gasteiger partial charge in [-0.05, 0) is 85.3 Å². The number of carbonyl (C=O) groups excluding carboxylic acids is 1. The van der Waals surface area contributed by atoms with Crippen molar-refractivity contribution in [3.8, 4) is 22.3 Å². The maximum Gasteiger partial charge on any atom is 0.433 e. The Morgan fingerprint density at radius 1 is 0.662 bits per heavy atom. The Morgan fingerprint density at radius 2 is 1.10 bits per heavy atom. The second kappa shape index (κ2) is 33.7. The number of hydrogen-bond donors (Lipinski definition) is 3. The minimum absolute atomic E-state index is 0. The number of pyridine rings is 2. The van der Waals surface area contributed by atoms with Crippen LogP contribution in [0.4, 0.5) is 37.7 Å². The first kappa shape index (κ1) is 67.9. The fourth-order valence-electron chi connectivity index (χ4n) is 8.53. The van der Waals surface area contributed by atoms with Crippen molar-refractivity contribution in [2.24, 2.45) is 0 Å². The van der Waals surface area contributed by atoms with E-state index in [0.29, 0.717) is 71.5 Å². The van der Waals surface area contributed by atoms with Crippen LogP contribution in [0.5, 0.6) is 0 Å². The number of alkyl halides is 6. The van der Waals surface area contributed by atoms with Gasteiger partial charge in [0.2, 0.25) is 0 Å². The Morgan fingerprint density at radius 3 is 1.52 bits per heavy atom. The van der Waals surface area contributed by atoms with Gasteiger partial charge in [-0.3, -0.25) is 4.79 Å². The van der Waals surface area contributed by atoms with Crippen molar-refractivity contribution in [2.45, 2.75) is 69.9 Å². The summed E-state index contributed by atoms with van der Waals surface area (Å²) in [5.41, 5.74) is 9.85. The number of ether oxygens (including phenoxy) is 2. The molecule has 29 heteroatoms. The van der Waals surface area contributed by atoms with Crippen LogP contribution in [0.2, 0.25) is 10.0 Å². The molecule has 10 rings (SSSR count). The number of carboxylic acids is 1. The molecular formula is C51H45Cl2F6I11N4O5P-. The number of aromatic nitrogens is 2. The molecule has 4 atom stereocenters. The van der Waals surface area contributed by atoms with Gasteiger partial charge in [0.25, 0.3) is 5.91 Å². The molecule has 4 bridgehead atoms. The summed E-state index contributed by atoms with van der Waals surface area (Å²) in [6.07, 6.45) is -8.62. The van der Waals surface area contributed by atoms with Crippen LogP contribution < -0.4 is 24.3 Å². The molecule has 4 aliphatic rings. The van der Waals surface area contributed by atoms with Gasteiger partial charge in [-0.15, -0.1) is 0 Å². The van der Waals surface area contributed by atoms with Crippen molar-refractivity contribution in [1.29, 1.82) is 3.84 Å². The number of benzene rings is 4. The molecule has 80 heavy (non-hydrogen) atoms. The van der Waals surface area contributed by atoms with Gasteiger partial charge in [-0.1, -0.05) is 116 Å². The third-order valence-electron chi connectivity index (χ3n) is 11.7. The van der Waals surface area contributed by atoms with Crippen LogP contribution in [0.25, 0.3) is 33.4 Å². The molecule has 2 saturated heterocycles. The quantitative estimate of drug-likeness (QED) is 0.0505. The predicted octanol–water partition coefficient (Wildman–Crippen LogP) is 19.0. The summed E-state index contributed by atoms with van der Waals surface area (Å²) in [7, 11) is -3.03. The summed E-state index contributed by atoms with van der Waals surface area (Å²) in [5.74, 6) is -1.59. The number of amides is 1. The maximum atomic E-state index is 13.2. The molecular weight excluding hydrogens is 2360 g/mol. The van der Waals surface area contributed by atoms with Crippen LogP contribution in [0, 0.1) is 0 Å². The fraction of sp³-hybridized carbons (Fsp3) is 0.216. The second-order valence-corrected chi connectivity index (χ2v) is 228. The number of nitrogens with one attached hydrogen (secondary N) is 1. The van der Waals surface area contributed by atoms with Crippen molar-refractivity contribution in [2.75, 3.05) is 11.1 Å². The largest absolute Gasteiger partial charge is 0.478 e. The number of hydrogen-bond acceptors (Lipinski definition) is 7. The van der Waals surface area contributed by atoms with E-state index in [0.717, 1.165) is 34.4 Å². The summed E-state index contributed by atoms with van der Waals surface area (Å²) >= 11 is 30.3. The summed E-state index contributed by atoms with van der Waals surface area (Å²) < 4.78 is 107. The van der Waals surface area contributed by atoms with Crippen LogP contribution in [0.1, 0.15) is 55.9 Å². The van der Waals surface area contributed by atoms with Crippen molar-refractivity contribution < 1.29 is 63.8 Å². The van der Waals surface area contributed by atoms with Gasteiger partial charge < -0.3 is 25.6 Å². The van der Waals surface area contributed by atoms with E-state index >= 15 is 0 Å². The third-order valence-corrected chi connectivity index (χ3v) is 591. The molecule has 2 aromatic heterocycles. The number of carboxylic acid groups (broad SMARTS) is 1. The van der Waals surface area contributed by atoms with E-state index < -0.39 is 69.8 Å².